The quantitative estimate of drug-likeness (QED) is 0.605. The zero-order valence-electron chi connectivity index (χ0n) is 11.8. The molecule has 1 rings (SSSR count). The summed E-state index contributed by atoms with van der Waals surface area (Å²) in [6.07, 6.45) is 1.98. The van der Waals surface area contributed by atoms with E-state index in [0.717, 1.165) is 12.8 Å². The summed E-state index contributed by atoms with van der Waals surface area (Å²) in [5.41, 5.74) is 5.71. The van der Waals surface area contributed by atoms with Crippen LogP contribution in [0, 0.1) is 23.0 Å². The Morgan fingerprint density at radius 3 is 2.58 bits per heavy atom. The Balaban J connectivity index is 2.96. The van der Waals surface area contributed by atoms with Gasteiger partial charge in [0, 0.05) is 6.04 Å². The summed E-state index contributed by atoms with van der Waals surface area (Å²) in [5.74, 6) is 0.786. The monoisotopic (exact) mass is 267 g/mol. The van der Waals surface area contributed by atoms with Gasteiger partial charge in [-0.1, -0.05) is 20.3 Å². The molecule has 1 aromatic rings. The third-order valence-corrected chi connectivity index (χ3v) is 3.09. The zero-order chi connectivity index (χ0) is 14.6. The Morgan fingerprint density at radius 2 is 2.05 bits per heavy atom. The van der Waals surface area contributed by atoms with E-state index in [0.29, 0.717) is 5.92 Å². The van der Waals surface area contributed by atoms with Crippen LogP contribution in [0.1, 0.15) is 39.3 Å². The fourth-order valence-electron chi connectivity index (χ4n) is 1.97. The van der Waals surface area contributed by atoms with E-state index in [1.165, 1.54) is 0 Å². The minimum atomic E-state index is -0.479. The smallest absolute Gasteiger partial charge is 0.332 e. The Bertz CT molecular complexity index is 464. The first kappa shape index (κ1) is 15.1. The Labute approximate surface area is 112 Å². The molecule has 0 saturated heterocycles. The second-order valence-corrected chi connectivity index (χ2v) is 4.92. The molecule has 0 aromatic carbocycles. The van der Waals surface area contributed by atoms with Crippen LogP contribution in [0.15, 0.2) is 0 Å². The number of nitrogens with two attached hydrogens (primary N) is 1. The van der Waals surface area contributed by atoms with Gasteiger partial charge >= 0.3 is 5.69 Å². The Kier molecular flexibility index (Phi) is 5.02. The third-order valence-electron chi connectivity index (χ3n) is 3.09. The van der Waals surface area contributed by atoms with Crippen LogP contribution >= 0.6 is 0 Å². The number of aromatic nitrogens is 2. The van der Waals surface area contributed by atoms with E-state index in [1.807, 2.05) is 6.92 Å². The van der Waals surface area contributed by atoms with Gasteiger partial charge in [0.1, 0.15) is 5.69 Å². The minimum Gasteiger partial charge on any atom is -0.368 e. The SMILES string of the molecule is CCC(C)CC(C)Nc1nc(N)nc(C)c1[N+](=O)[O-]. The molecule has 2 unspecified atom stereocenters. The number of nitrogens with zero attached hydrogens (tertiary/aromatic N) is 3. The van der Waals surface area contributed by atoms with Crippen molar-refractivity contribution in [1.82, 2.24) is 9.97 Å². The van der Waals surface area contributed by atoms with E-state index in [4.69, 9.17) is 5.73 Å². The van der Waals surface area contributed by atoms with E-state index in [2.05, 4.69) is 29.1 Å². The van der Waals surface area contributed by atoms with Crippen LogP contribution in [0.25, 0.3) is 0 Å². The van der Waals surface area contributed by atoms with Crippen molar-refractivity contribution in [2.24, 2.45) is 5.92 Å². The number of aryl methyl sites for hydroxylation is 1. The fourth-order valence-corrected chi connectivity index (χ4v) is 1.97. The van der Waals surface area contributed by atoms with Crippen LogP contribution in [0.3, 0.4) is 0 Å². The van der Waals surface area contributed by atoms with Gasteiger partial charge in [-0.05, 0) is 26.2 Å². The number of nitrogens with one attached hydrogen (secondary N) is 1. The lowest BCUT2D eigenvalue weighted by Crippen LogP contribution is -2.20. The summed E-state index contributed by atoms with van der Waals surface area (Å²) in [5, 5.41) is 14.1. The highest BCUT2D eigenvalue weighted by Gasteiger charge is 2.22. The number of hydrogen-bond donors (Lipinski definition) is 2. The maximum absolute atomic E-state index is 11.1. The highest BCUT2D eigenvalue weighted by molar-refractivity contribution is 5.60. The molecule has 19 heavy (non-hydrogen) atoms. The third kappa shape index (κ3) is 4.04. The van der Waals surface area contributed by atoms with Crippen molar-refractivity contribution in [3.05, 3.63) is 15.8 Å². The molecule has 2 atom stereocenters. The summed E-state index contributed by atoms with van der Waals surface area (Å²) < 4.78 is 0. The summed E-state index contributed by atoms with van der Waals surface area (Å²) in [6.45, 7) is 7.79. The maximum Gasteiger partial charge on any atom is 0.332 e. The predicted octanol–water partition coefficient (Wildman–Crippen LogP) is 2.51. The van der Waals surface area contributed by atoms with E-state index < -0.39 is 4.92 Å². The molecular formula is C12H21N5O2. The van der Waals surface area contributed by atoms with Crippen molar-refractivity contribution in [2.75, 3.05) is 11.1 Å². The second-order valence-electron chi connectivity index (χ2n) is 4.92. The van der Waals surface area contributed by atoms with E-state index in [-0.39, 0.29) is 29.2 Å². The second kappa shape index (κ2) is 6.31. The Morgan fingerprint density at radius 1 is 1.42 bits per heavy atom. The average Bonchev–Trinajstić information content (AvgIpc) is 2.26. The van der Waals surface area contributed by atoms with Gasteiger partial charge in [-0.2, -0.15) is 4.98 Å². The normalized spacial score (nSPS) is 13.9. The van der Waals surface area contributed by atoms with Crippen molar-refractivity contribution in [2.45, 2.75) is 46.6 Å². The lowest BCUT2D eigenvalue weighted by Gasteiger charge is -2.18. The van der Waals surface area contributed by atoms with Gasteiger partial charge in [0.15, 0.2) is 0 Å². The van der Waals surface area contributed by atoms with Gasteiger partial charge in [-0.25, -0.2) is 4.98 Å². The van der Waals surface area contributed by atoms with Gasteiger partial charge in [0.2, 0.25) is 11.8 Å². The molecule has 3 N–H and O–H groups in total. The van der Waals surface area contributed by atoms with Crippen molar-refractivity contribution in [1.29, 1.82) is 0 Å². The molecule has 0 radical (unpaired) electrons. The van der Waals surface area contributed by atoms with Crippen LogP contribution in [-0.4, -0.2) is 20.9 Å². The summed E-state index contributed by atoms with van der Waals surface area (Å²) in [6, 6.07) is 0.0855. The number of rotatable bonds is 6. The fraction of sp³-hybridized carbons (Fsp3) is 0.667. The standard InChI is InChI=1S/C12H21N5O2/c1-5-7(2)6-8(3)14-11-10(17(18)19)9(4)15-12(13)16-11/h7-8H,5-6H2,1-4H3,(H3,13,14,15,16). The highest BCUT2D eigenvalue weighted by Crippen LogP contribution is 2.27. The molecule has 1 heterocycles. The molecule has 106 valence electrons. The largest absolute Gasteiger partial charge is 0.368 e. The first-order valence-electron chi connectivity index (χ1n) is 6.40. The average molecular weight is 267 g/mol. The molecule has 7 nitrogen and oxygen atoms in total. The zero-order valence-corrected chi connectivity index (χ0v) is 11.8. The molecular weight excluding hydrogens is 246 g/mol. The molecule has 0 aliphatic rings. The number of nitrogen functional groups attached to an aromatic ring is 1. The summed E-state index contributed by atoms with van der Waals surface area (Å²) in [4.78, 5) is 18.3. The number of nitro groups is 1. The van der Waals surface area contributed by atoms with E-state index >= 15 is 0 Å². The topological polar surface area (TPSA) is 107 Å². The van der Waals surface area contributed by atoms with Crippen molar-refractivity contribution >= 4 is 17.5 Å². The number of hydrogen-bond acceptors (Lipinski definition) is 6. The van der Waals surface area contributed by atoms with Gasteiger partial charge in [0.05, 0.1) is 4.92 Å². The van der Waals surface area contributed by atoms with Crippen molar-refractivity contribution in [3.63, 3.8) is 0 Å². The predicted molar refractivity (Wildman–Crippen MR) is 75.0 cm³/mol. The van der Waals surface area contributed by atoms with Crippen molar-refractivity contribution < 1.29 is 4.92 Å². The first-order chi connectivity index (χ1) is 8.85. The van der Waals surface area contributed by atoms with E-state index in [9.17, 15) is 10.1 Å². The molecule has 0 bridgehead atoms. The first-order valence-corrected chi connectivity index (χ1v) is 6.40. The molecule has 1 aromatic heterocycles. The minimum absolute atomic E-state index is 0.0429. The molecule has 7 heteroatoms. The Hall–Kier alpha value is -1.92. The van der Waals surface area contributed by atoms with Crippen LogP contribution in [-0.2, 0) is 0 Å². The highest BCUT2D eigenvalue weighted by atomic mass is 16.6. The molecule has 0 aliphatic carbocycles. The summed E-state index contributed by atoms with van der Waals surface area (Å²) in [7, 11) is 0. The van der Waals surface area contributed by atoms with Crippen LogP contribution in [0.4, 0.5) is 17.5 Å². The van der Waals surface area contributed by atoms with Crippen LogP contribution < -0.4 is 11.1 Å². The van der Waals surface area contributed by atoms with Gasteiger partial charge < -0.3 is 11.1 Å². The molecule has 0 saturated carbocycles. The van der Waals surface area contributed by atoms with Gasteiger partial charge in [-0.15, -0.1) is 0 Å². The van der Waals surface area contributed by atoms with Crippen LogP contribution in [0.2, 0.25) is 0 Å². The van der Waals surface area contributed by atoms with Gasteiger partial charge in [0.25, 0.3) is 0 Å². The molecule has 0 aliphatic heterocycles. The van der Waals surface area contributed by atoms with Crippen molar-refractivity contribution in [3.8, 4) is 0 Å². The molecule has 0 fully saturated rings. The molecule has 0 spiro atoms. The lowest BCUT2D eigenvalue weighted by atomic mass is 10.0. The lowest BCUT2D eigenvalue weighted by molar-refractivity contribution is -0.385. The van der Waals surface area contributed by atoms with Gasteiger partial charge in [-0.3, -0.25) is 10.1 Å². The van der Waals surface area contributed by atoms with E-state index in [1.54, 1.807) is 6.92 Å². The number of anilines is 2. The maximum atomic E-state index is 11.1. The van der Waals surface area contributed by atoms with Crippen LogP contribution in [0.5, 0.6) is 0 Å². The summed E-state index contributed by atoms with van der Waals surface area (Å²) >= 11 is 0. The molecule has 0 amide bonds.